The minimum atomic E-state index is 0.938. The lowest BCUT2D eigenvalue weighted by molar-refractivity contribution is 0.709. The van der Waals surface area contributed by atoms with Gasteiger partial charge >= 0.3 is 0 Å². The van der Waals surface area contributed by atoms with Gasteiger partial charge in [-0.15, -0.1) is 0 Å². The van der Waals surface area contributed by atoms with Gasteiger partial charge in [0.05, 0.1) is 0 Å². The number of rotatable bonds is 6. The van der Waals surface area contributed by atoms with Crippen LogP contribution < -0.4 is 5.32 Å². The molecule has 17 heavy (non-hydrogen) atoms. The van der Waals surface area contributed by atoms with Crippen molar-refractivity contribution >= 4 is 22.7 Å². The maximum absolute atomic E-state index is 3.19. The summed E-state index contributed by atoms with van der Waals surface area (Å²) in [6, 6.07) is 8.94. The maximum atomic E-state index is 3.19. The van der Waals surface area contributed by atoms with Crippen molar-refractivity contribution in [3.8, 4) is 0 Å². The van der Waals surface area contributed by atoms with E-state index in [4.69, 9.17) is 0 Å². The molecule has 0 bridgehead atoms. The van der Waals surface area contributed by atoms with Gasteiger partial charge in [0.2, 0.25) is 0 Å². The number of fused-ring (bicyclic) bond motifs is 1. The van der Waals surface area contributed by atoms with Gasteiger partial charge in [0.1, 0.15) is 0 Å². The smallest absolute Gasteiger partial charge is 0.0480 e. The highest BCUT2D eigenvalue weighted by Gasteiger charge is 2.01. The van der Waals surface area contributed by atoms with Crippen molar-refractivity contribution in [2.45, 2.75) is 19.5 Å². The maximum Gasteiger partial charge on any atom is 0.0480 e. The van der Waals surface area contributed by atoms with E-state index in [1.165, 1.54) is 28.6 Å². The molecule has 0 spiro atoms. The zero-order valence-electron chi connectivity index (χ0n) is 10.6. The fourth-order valence-electron chi connectivity index (χ4n) is 2.14. The van der Waals surface area contributed by atoms with Crippen molar-refractivity contribution in [3.63, 3.8) is 0 Å². The number of aromatic nitrogens is 1. The highest BCUT2D eigenvalue weighted by atomic mass is 32.2. The summed E-state index contributed by atoms with van der Waals surface area (Å²) in [5.41, 5.74) is 2.70. The van der Waals surface area contributed by atoms with Crippen LogP contribution >= 0.6 is 11.8 Å². The van der Waals surface area contributed by atoms with Gasteiger partial charge in [-0.2, -0.15) is 11.8 Å². The minimum Gasteiger partial charge on any atom is -0.347 e. The summed E-state index contributed by atoms with van der Waals surface area (Å²) in [5.74, 6) is 1.23. The van der Waals surface area contributed by atoms with Crippen LogP contribution in [0.15, 0.2) is 30.5 Å². The summed E-state index contributed by atoms with van der Waals surface area (Å²) in [7, 11) is 1.98. The molecule has 2 nitrogen and oxygen atoms in total. The Morgan fingerprint density at radius 3 is 2.94 bits per heavy atom. The number of hydrogen-bond donors (Lipinski definition) is 1. The monoisotopic (exact) mass is 248 g/mol. The van der Waals surface area contributed by atoms with E-state index in [1.54, 1.807) is 0 Å². The van der Waals surface area contributed by atoms with E-state index in [1.807, 2.05) is 18.8 Å². The van der Waals surface area contributed by atoms with Crippen LogP contribution in [0.3, 0.4) is 0 Å². The van der Waals surface area contributed by atoms with E-state index in [0.717, 1.165) is 13.1 Å². The highest BCUT2D eigenvalue weighted by molar-refractivity contribution is 7.98. The fraction of sp³-hybridized carbons (Fsp3) is 0.429. The van der Waals surface area contributed by atoms with Crippen LogP contribution in [0.2, 0.25) is 0 Å². The van der Waals surface area contributed by atoms with Crippen LogP contribution in [0.1, 0.15) is 12.0 Å². The first-order valence-corrected chi connectivity index (χ1v) is 7.46. The third kappa shape index (κ3) is 3.05. The lowest BCUT2D eigenvalue weighted by Gasteiger charge is -2.05. The van der Waals surface area contributed by atoms with Gasteiger partial charge in [-0.05, 0) is 54.6 Å². The molecule has 1 aromatic carbocycles. The molecular weight excluding hydrogens is 228 g/mol. The van der Waals surface area contributed by atoms with Crippen molar-refractivity contribution in [1.29, 1.82) is 0 Å². The summed E-state index contributed by atoms with van der Waals surface area (Å²) in [6.07, 6.45) is 5.61. The van der Waals surface area contributed by atoms with Crippen LogP contribution in [-0.4, -0.2) is 23.6 Å². The van der Waals surface area contributed by atoms with Crippen LogP contribution in [0.4, 0.5) is 0 Å². The van der Waals surface area contributed by atoms with Crippen LogP contribution in [0.5, 0.6) is 0 Å². The Kier molecular flexibility index (Phi) is 4.51. The van der Waals surface area contributed by atoms with E-state index in [2.05, 4.69) is 46.6 Å². The van der Waals surface area contributed by atoms with Crippen molar-refractivity contribution in [3.05, 3.63) is 36.0 Å². The Bertz CT molecular complexity index is 476. The molecule has 0 saturated carbocycles. The topological polar surface area (TPSA) is 17.0 Å². The molecule has 0 amide bonds. The first-order chi connectivity index (χ1) is 8.35. The van der Waals surface area contributed by atoms with Gasteiger partial charge in [0.15, 0.2) is 0 Å². The Hall–Kier alpha value is -0.930. The minimum absolute atomic E-state index is 0.938. The number of nitrogens with zero attached hydrogens (tertiary/aromatic N) is 1. The number of hydrogen-bond acceptors (Lipinski definition) is 2. The van der Waals surface area contributed by atoms with Gasteiger partial charge in [-0.1, -0.05) is 6.07 Å². The Labute approximate surface area is 107 Å². The SMILES string of the molecule is CNCc1ccc2c(ccn2CCCSC)c1. The molecule has 0 aliphatic heterocycles. The summed E-state index contributed by atoms with van der Waals surface area (Å²) >= 11 is 1.92. The Morgan fingerprint density at radius 1 is 1.29 bits per heavy atom. The number of aryl methyl sites for hydroxylation is 1. The van der Waals surface area contributed by atoms with Crippen LogP contribution in [0, 0.1) is 0 Å². The molecule has 0 aliphatic carbocycles. The molecule has 2 aromatic rings. The molecule has 92 valence electrons. The summed E-state index contributed by atoms with van der Waals surface area (Å²) in [6.45, 7) is 2.06. The Balaban J connectivity index is 2.16. The van der Waals surface area contributed by atoms with Crippen molar-refractivity contribution in [1.82, 2.24) is 9.88 Å². The fourth-order valence-corrected chi connectivity index (χ4v) is 2.56. The molecule has 1 N–H and O–H groups in total. The van der Waals surface area contributed by atoms with Gasteiger partial charge in [-0.25, -0.2) is 0 Å². The van der Waals surface area contributed by atoms with E-state index in [0.29, 0.717) is 0 Å². The highest BCUT2D eigenvalue weighted by Crippen LogP contribution is 2.18. The van der Waals surface area contributed by atoms with E-state index >= 15 is 0 Å². The zero-order chi connectivity index (χ0) is 12.1. The molecule has 2 rings (SSSR count). The molecule has 3 heteroatoms. The second kappa shape index (κ2) is 6.12. The molecule has 0 saturated heterocycles. The normalized spacial score (nSPS) is 11.2. The van der Waals surface area contributed by atoms with E-state index in [-0.39, 0.29) is 0 Å². The van der Waals surface area contributed by atoms with Gasteiger partial charge in [0.25, 0.3) is 0 Å². The molecule has 0 unspecified atom stereocenters. The van der Waals surface area contributed by atoms with Gasteiger partial charge < -0.3 is 9.88 Å². The lowest BCUT2D eigenvalue weighted by atomic mass is 10.1. The number of nitrogens with one attached hydrogen (secondary N) is 1. The van der Waals surface area contributed by atoms with Gasteiger partial charge in [0, 0.05) is 24.8 Å². The van der Waals surface area contributed by atoms with E-state index in [9.17, 15) is 0 Å². The largest absolute Gasteiger partial charge is 0.347 e. The van der Waals surface area contributed by atoms with Crippen LogP contribution in [-0.2, 0) is 13.1 Å². The van der Waals surface area contributed by atoms with Crippen LogP contribution in [0.25, 0.3) is 10.9 Å². The molecule has 0 atom stereocenters. The molecular formula is C14H20N2S. The summed E-state index contributed by atoms with van der Waals surface area (Å²) in [4.78, 5) is 0. The van der Waals surface area contributed by atoms with E-state index < -0.39 is 0 Å². The second-order valence-corrected chi connectivity index (χ2v) is 5.26. The third-order valence-corrected chi connectivity index (χ3v) is 3.66. The predicted octanol–water partition coefficient (Wildman–Crippen LogP) is 3.11. The predicted molar refractivity (Wildman–Crippen MR) is 77.7 cm³/mol. The number of benzene rings is 1. The summed E-state index contributed by atoms with van der Waals surface area (Å²) in [5, 5.41) is 4.54. The Morgan fingerprint density at radius 2 is 2.18 bits per heavy atom. The lowest BCUT2D eigenvalue weighted by Crippen LogP contribution is -2.04. The first kappa shape index (κ1) is 12.5. The quantitative estimate of drug-likeness (QED) is 0.791. The number of thioether (sulfide) groups is 1. The third-order valence-electron chi connectivity index (χ3n) is 2.96. The standard InChI is InChI=1S/C14H20N2S/c1-15-11-12-4-5-14-13(10-12)6-8-16(14)7-3-9-17-2/h4-6,8,10,15H,3,7,9,11H2,1-2H3. The van der Waals surface area contributed by atoms with Gasteiger partial charge in [-0.3, -0.25) is 0 Å². The molecule has 0 aliphatic rings. The summed E-state index contributed by atoms with van der Waals surface area (Å²) < 4.78 is 2.36. The first-order valence-electron chi connectivity index (χ1n) is 6.06. The second-order valence-electron chi connectivity index (χ2n) is 4.28. The molecule has 0 radical (unpaired) electrons. The average molecular weight is 248 g/mol. The van der Waals surface area contributed by atoms with Crippen molar-refractivity contribution in [2.24, 2.45) is 0 Å². The molecule has 1 aromatic heterocycles. The van der Waals surface area contributed by atoms with Crippen molar-refractivity contribution < 1.29 is 0 Å². The average Bonchev–Trinajstić information content (AvgIpc) is 2.73. The molecule has 0 fully saturated rings. The molecule has 1 heterocycles. The van der Waals surface area contributed by atoms with Crippen molar-refractivity contribution in [2.75, 3.05) is 19.1 Å². The zero-order valence-corrected chi connectivity index (χ0v) is 11.4.